The molecule has 19 heavy (non-hydrogen) atoms. The van der Waals surface area contributed by atoms with Gasteiger partial charge in [0.05, 0.1) is 5.56 Å². The number of hydrogen-bond acceptors (Lipinski definition) is 3. The minimum absolute atomic E-state index is 0.0802. The van der Waals surface area contributed by atoms with Crippen LogP contribution in [0.5, 0.6) is 0 Å². The fraction of sp³-hybridized carbons (Fsp3) is 0.214. The lowest BCUT2D eigenvalue weighted by Crippen LogP contribution is -2.32. The van der Waals surface area contributed by atoms with Crippen LogP contribution in [0.1, 0.15) is 12.8 Å². The second kappa shape index (κ2) is 4.68. The van der Waals surface area contributed by atoms with Gasteiger partial charge in [-0.05, 0) is 24.6 Å². The van der Waals surface area contributed by atoms with Gasteiger partial charge < -0.3 is 10.1 Å². The summed E-state index contributed by atoms with van der Waals surface area (Å²) in [5.74, 6) is 0.0802. The molecule has 2 aromatic heterocycles. The smallest absolute Gasteiger partial charge is 0.227 e. The standard InChI is InChI=1S/C14H13N3O2/c18-14-2-1-9-16(14)12-3-4-13(17(19)10-12)11-5-7-15-8-6-11/h3-8,10H,1-2,9H2. The zero-order chi connectivity index (χ0) is 13.2. The third-order valence-electron chi connectivity index (χ3n) is 3.26. The van der Waals surface area contributed by atoms with Gasteiger partial charge in [0.15, 0.2) is 0 Å². The van der Waals surface area contributed by atoms with E-state index in [1.54, 1.807) is 35.5 Å². The largest absolute Gasteiger partial charge is 0.618 e. The monoisotopic (exact) mass is 255 g/mol. The molecule has 3 heterocycles. The van der Waals surface area contributed by atoms with Crippen molar-refractivity contribution in [2.24, 2.45) is 0 Å². The Bertz CT molecular complexity index is 613. The molecule has 1 amide bonds. The Morgan fingerprint density at radius 3 is 2.63 bits per heavy atom. The van der Waals surface area contributed by atoms with Crippen molar-refractivity contribution in [3.05, 3.63) is 48.1 Å². The first kappa shape index (κ1) is 11.6. The summed E-state index contributed by atoms with van der Waals surface area (Å²) in [6, 6.07) is 7.12. The molecule has 0 atom stereocenters. The van der Waals surface area contributed by atoms with E-state index >= 15 is 0 Å². The highest BCUT2D eigenvalue weighted by Gasteiger charge is 2.24. The average molecular weight is 255 g/mol. The Morgan fingerprint density at radius 2 is 2.00 bits per heavy atom. The highest BCUT2D eigenvalue weighted by Crippen LogP contribution is 2.22. The maximum absolute atomic E-state index is 12.1. The van der Waals surface area contributed by atoms with Crippen molar-refractivity contribution in [1.82, 2.24) is 4.98 Å². The molecule has 96 valence electrons. The van der Waals surface area contributed by atoms with Crippen LogP contribution in [0.2, 0.25) is 0 Å². The molecule has 0 N–H and O–H groups in total. The molecule has 1 fully saturated rings. The van der Waals surface area contributed by atoms with Crippen molar-refractivity contribution in [2.75, 3.05) is 11.4 Å². The van der Waals surface area contributed by atoms with Crippen LogP contribution in [0.25, 0.3) is 11.3 Å². The summed E-state index contributed by atoms with van der Waals surface area (Å²) in [7, 11) is 0. The van der Waals surface area contributed by atoms with E-state index in [2.05, 4.69) is 4.98 Å². The van der Waals surface area contributed by atoms with E-state index in [1.807, 2.05) is 6.07 Å². The van der Waals surface area contributed by atoms with Gasteiger partial charge in [0.25, 0.3) is 0 Å². The minimum atomic E-state index is 0.0802. The first-order valence-corrected chi connectivity index (χ1v) is 6.20. The van der Waals surface area contributed by atoms with Gasteiger partial charge in [-0.3, -0.25) is 9.78 Å². The van der Waals surface area contributed by atoms with Gasteiger partial charge in [-0.15, -0.1) is 0 Å². The fourth-order valence-corrected chi connectivity index (χ4v) is 2.30. The Morgan fingerprint density at radius 1 is 1.21 bits per heavy atom. The normalized spacial score (nSPS) is 14.9. The van der Waals surface area contributed by atoms with Gasteiger partial charge in [0.2, 0.25) is 17.8 Å². The zero-order valence-corrected chi connectivity index (χ0v) is 10.3. The van der Waals surface area contributed by atoms with Crippen LogP contribution in [0.3, 0.4) is 0 Å². The maximum Gasteiger partial charge on any atom is 0.227 e. The van der Waals surface area contributed by atoms with Crippen LogP contribution in [-0.4, -0.2) is 17.4 Å². The summed E-state index contributed by atoms with van der Waals surface area (Å²) < 4.78 is 0.802. The van der Waals surface area contributed by atoms with E-state index in [1.165, 1.54) is 6.20 Å². The number of carbonyl (C=O) groups is 1. The molecule has 3 rings (SSSR count). The third kappa shape index (κ3) is 2.14. The second-order valence-electron chi connectivity index (χ2n) is 4.48. The Kier molecular flexibility index (Phi) is 2.87. The topological polar surface area (TPSA) is 60.1 Å². The lowest BCUT2D eigenvalue weighted by Gasteiger charge is -2.15. The molecular weight excluding hydrogens is 242 g/mol. The van der Waals surface area contributed by atoms with E-state index < -0.39 is 0 Å². The summed E-state index contributed by atoms with van der Waals surface area (Å²) in [6.07, 6.45) is 6.16. The molecule has 0 aromatic carbocycles. The number of anilines is 1. The predicted molar refractivity (Wildman–Crippen MR) is 70.2 cm³/mol. The fourth-order valence-electron chi connectivity index (χ4n) is 2.30. The van der Waals surface area contributed by atoms with Crippen molar-refractivity contribution in [3.63, 3.8) is 0 Å². The predicted octanol–water partition coefficient (Wildman–Crippen LogP) is 1.51. The van der Waals surface area contributed by atoms with Gasteiger partial charge in [-0.1, -0.05) is 0 Å². The van der Waals surface area contributed by atoms with Crippen molar-refractivity contribution in [2.45, 2.75) is 12.8 Å². The third-order valence-corrected chi connectivity index (χ3v) is 3.26. The van der Waals surface area contributed by atoms with Gasteiger partial charge in [0, 0.05) is 31.4 Å². The lowest BCUT2D eigenvalue weighted by molar-refractivity contribution is -0.593. The molecule has 0 aliphatic carbocycles. The number of hydrogen-bond donors (Lipinski definition) is 0. The number of carbonyl (C=O) groups excluding carboxylic acids is 1. The van der Waals surface area contributed by atoms with Crippen LogP contribution in [-0.2, 0) is 4.79 Å². The average Bonchev–Trinajstić information content (AvgIpc) is 2.86. The maximum atomic E-state index is 12.1. The molecule has 0 bridgehead atoms. The minimum Gasteiger partial charge on any atom is -0.618 e. The number of nitrogens with zero attached hydrogens (tertiary/aromatic N) is 3. The van der Waals surface area contributed by atoms with E-state index in [0.29, 0.717) is 24.3 Å². The van der Waals surface area contributed by atoms with Crippen LogP contribution < -0.4 is 9.63 Å². The summed E-state index contributed by atoms with van der Waals surface area (Å²) >= 11 is 0. The highest BCUT2D eigenvalue weighted by molar-refractivity contribution is 5.95. The molecule has 5 heteroatoms. The Labute approximate surface area is 110 Å². The first-order valence-electron chi connectivity index (χ1n) is 6.20. The zero-order valence-electron chi connectivity index (χ0n) is 10.3. The number of aromatic nitrogens is 2. The SMILES string of the molecule is O=C1CCCN1c1ccc(-c2ccncc2)[n+]([O-])c1. The summed E-state index contributed by atoms with van der Waals surface area (Å²) in [6.45, 7) is 0.688. The number of amides is 1. The van der Waals surface area contributed by atoms with E-state index in [0.717, 1.165) is 16.7 Å². The first-order chi connectivity index (χ1) is 9.25. The summed E-state index contributed by atoms with van der Waals surface area (Å²) in [5, 5.41) is 12.1. The van der Waals surface area contributed by atoms with Gasteiger partial charge in [-0.2, -0.15) is 4.73 Å². The summed E-state index contributed by atoms with van der Waals surface area (Å²) in [4.78, 5) is 17.2. The number of pyridine rings is 2. The highest BCUT2D eigenvalue weighted by atomic mass is 16.5. The Hall–Kier alpha value is -2.43. The molecule has 0 saturated carbocycles. The quantitative estimate of drug-likeness (QED) is 0.603. The van der Waals surface area contributed by atoms with E-state index in [4.69, 9.17) is 0 Å². The van der Waals surface area contributed by atoms with Crippen LogP contribution >= 0.6 is 0 Å². The van der Waals surface area contributed by atoms with Crippen LogP contribution in [0, 0.1) is 5.21 Å². The molecular formula is C14H13N3O2. The molecule has 0 unspecified atom stereocenters. The summed E-state index contributed by atoms with van der Waals surface area (Å²) in [5.41, 5.74) is 2.03. The van der Waals surface area contributed by atoms with Crippen molar-refractivity contribution >= 4 is 11.6 Å². The van der Waals surface area contributed by atoms with E-state index in [9.17, 15) is 10.0 Å². The molecule has 0 spiro atoms. The van der Waals surface area contributed by atoms with Gasteiger partial charge >= 0.3 is 0 Å². The van der Waals surface area contributed by atoms with Crippen LogP contribution in [0.4, 0.5) is 5.69 Å². The molecule has 0 radical (unpaired) electrons. The number of rotatable bonds is 2. The lowest BCUT2D eigenvalue weighted by atomic mass is 10.2. The molecule has 1 aliphatic heterocycles. The van der Waals surface area contributed by atoms with E-state index in [-0.39, 0.29) is 5.91 Å². The van der Waals surface area contributed by atoms with Crippen molar-refractivity contribution in [1.29, 1.82) is 0 Å². The molecule has 2 aromatic rings. The van der Waals surface area contributed by atoms with Crippen molar-refractivity contribution in [3.8, 4) is 11.3 Å². The van der Waals surface area contributed by atoms with Crippen LogP contribution in [0.15, 0.2) is 42.9 Å². The second-order valence-corrected chi connectivity index (χ2v) is 4.48. The van der Waals surface area contributed by atoms with Gasteiger partial charge in [0.1, 0.15) is 5.69 Å². The molecule has 5 nitrogen and oxygen atoms in total. The molecule has 1 aliphatic rings. The Balaban J connectivity index is 1.96. The molecule has 1 saturated heterocycles. The van der Waals surface area contributed by atoms with Crippen molar-refractivity contribution < 1.29 is 9.52 Å². The van der Waals surface area contributed by atoms with Gasteiger partial charge in [-0.25, -0.2) is 0 Å².